The average Bonchev–Trinajstić information content (AvgIpc) is 2.85. The van der Waals surface area contributed by atoms with E-state index >= 15 is 0 Å². The molecule has 1 amide bonds. The smallest absolute Gasteiger partial charge is 0.303 e. The summed E-state index contributed by atoms with van der Waals surface area (Å²) < 4.78 is 39.2. The van der Waals surface area contributed by atoms with E-state index in [-0.39, 0.29) is 29.4 Å². The van der Waals surface area contributed by atoms with Gasteiger partial charge in [-0.25, -0.2) is 0 Å². The Morgan fingerprint density at radius 3 is 1.90 bits per heavy atom. The summed E-state index contributed by atoms with van der Waals surface area (Å²) in [5.41, 5.74) is 0.205. The van der Waals surface area contributed by atoms with Crippen LogP contribution < -0.4 is 4.74 Å². The monoisotopic (exact) mass is 565 g/mol. The summed E-state index contributed by atoms with van der Waals surface area (Å²) in [6, 6.07) is 6.42. The summed E-state index contributed by atoms with van der Waals surface area (Å²) in [5, 5.41) is 0. The number of para-hydroxylation sites is 1. The van der Waals surface area contributed by atoms with Crippen LogP contribution in [0.15, 0.2) is 24.3 Å². The largest absolute Gasteiger partial charge is 0.463 e. The molecule has 40 heavy (non-hydrogen) atoms. The van der Waals surface area contributed by atoms with Gasteiger partial charge in [-0.05, 0) is 26.0 Å². The second-order valence-corrected chi connectivity index (χ2v) is 9.65. The lowest BCUT2D eigenvalue weighted by Crippen LogP contribution is -2.63. The van der Waals surface area contributed by atoms with Crippen molar-refractivity contribution in [3.05, 3.63) is 29.8 Å². The van der Waals surface area contributed by atoms with Gasteiger partial charge in [0.2, 0.25) is 12.4 Å². The molecule has 2 heterocycles. The summed E-state index contributed by atoms with van der Waals surface area (Å²) >= 11 is 0. The van der Waals surface area contributed by atoms with E-state index in [2.05, 4.69) is 0 Å². The van der Waals surface area contributed by atoms with Crippen molar-refractivity contribution in [3.63, 3.8) is 0 Å². The highest BCUT2D eigenvalue weighted by atomic mass is 16.7. The number of carbonyl (C=O) groups excluding carboxylic acids is 5. The Labute approximate surface area is 231 Å². The molecule has 2 fully saturated rings. The molecule has 0 aromatic heterocycles. The van der Waals surface area contributed by atoms with E-state index in [1.54, 1.807) is 23.1 Å². The quantitative estimate of drug-likeness (QED) is 0.331. The van der Waals surface area contributed by atoms with Crippen LogP contribution in [0.4, 0.5) is 0 Å². The minimum absolute atomic E-state index is 0.0974. The highest BCUT2D eigenvalue weighted by molar-refractivity contribution is 5.97. The average molecular weight is 566 g/mol. The highest BCUT2D eigenvalue weighted by Crippen LogP contribution is 2.32. The number of nitrogens with zero attached hydrogens (tertiary/aromatic N) is 1. The van der Waals surface area contributed by atoms with E-state index in [0.717, 1.165) is 20.8 Å². The minimum Gasteiger partial charge on any atom is -0.463 e. The van der Waals surface area contributed by atoms with Crippen LogP contribution in [-0.4, -0.2) is 97.3 Å². The van der Waals surface area contributed by atoms with Crippen LogP contribution in [0.2, 0.25) is 0 Å². The molecular formula is C27H35NO12. The zero-order valence-corrected chi connectivity index (χ0v) is 23.3. The first-order valence-corrected chi connectivity index (χ1v) is 12.9. The van der Waals surface area contributed by atoms with Crippen LogP contribution in [0, 0.1) is 0 Å². The lowest BCUT2D eigenvalue weighted by molar-refractivity contribution is -0.288. The van der Waals surface area contributed by atoms with E-state index in [4.69, 9.17) is 33.2 Å². The van der Waals surface area contributed by atoms with Gasteiger partial charge < -0.3 is 38.1 Å². The van der Waals surface area contributed by atoms with E-state index in [1.807, 2.05) is 13.8 Å². The SMILES string of the molecule is CC(=O)OC[C@@H]1O[C@H](Oc2ccccc2C(=O)N2C[C@H](C)O[C@@H](C)C2)[C@@H](OC(C)=O)[C@H](OC(C)=O)[C@H]1OC(C)=O. The zero-order valence-electron chi connectivity index (χ0n) is 23.3. The molecule has 0 unspecified atom stereocenters. The van der Waals surface area contributed by atoms with Gasteiger partial charge in [-0.2, -0.15) is 0 Å². The van der Waals surface area contributed by atoms with Gasteiger partial charge in [-0.3, -0.25) is 24.0 Å². The van der Waals surface area contributed by atoms with E-state index in [0.29, 0.717) is 13.1 Å². The second-order valence-electron chi connectivity index (χ2n) is 9.65. The molecule has 2 saturated heterocycles. The van der Waals surface area contributed by atoms with Crippen LogP contribution in [0.3, 0.4) is 0 Å². The highest BCUT2D eigenvalue weighted by Gasteiger charge is 2.53. The Morgan fingerprint density at radius 1 is 0.775 bits per heavy atom. The third-order valence-corrected chi connectivity index (χ3v) is 6.02. The van der Waals surface area contributed by atoms with Crippen LogP contribution in [0.1, 0.15) is 51.9 Å². The molecule has 1 aromatic carbocycles. The molecule has 3 rings (SSSR count). The Hall–Kier alpha value is -3.71. The van der Waals surface area contributed by atoms with Gasteiger partial charge in [-0.1, -0.05) is 12.1 Å². The third-order valence-electron chi connectivity index (χ3n) is 6.02. The first kappa shape index (κ1) is 30.8. The van der Waals surface area contributed by atoms with Gasteiger partial charge in [0.1, 0.15) is 18.5 Å². The Balaban J connectivity index is 1.99. The van der Waals surface area contributed by atoms with Gasteiger partial charge >= 0.3 is 23.9 Å². The molecule has 0 bridgehead atoms. The molecule has 2 aliphatic rings. The Morgan fingerprint density at radius 2 is 1.32 bits per heavy atom. The summed E-state index contributed by atoms with van der Waals surface area (Å²) in [5.74, 6) is -3.14. The van der Waals surface area contributed by atoms with Crippen molar-refractivity contribution in [2.24, 2.45) is 0 Å². The van der Waals surface area contributed by atoms with Crippen molar-refractivity contribution in [2.45, 2.75) is 84.5 Å². The fraction of sp³-hybridized carbons (Fsp3) is 0.593. The van der Waals surface area contributed by atoms with Gasteiger partial charge in [0.15, 0.2) is 12.2 Å². The lowest BCUT2D eigenvalue weighted by Gasteiger charge is -2.44. The molecule has 0 N–H and O–H groups in total. The first-order chi connectivity index (χ1) is 18.8. The van der Waals surface area contributed by atoms with Crippen molar-refractivity contribution in [1.29, 1.82) is 0 Å². The second kappa shape index (κ2) is 13.6. The molecular weight excluding hydrogens is 530 g/mol. The van der Waals surface area contributed by atoms with Crippen LogP contribution in [-0.2, 0) is 47.6 Å². The van der Waals surface area contributed by atoms with Gasteiger partial charge in [0, 0.05) is 40.8 Å². The normalized spacial score (nSPS) is 28.1. The number of hydrogen-bond donors (Lipinski definition) is 0. The lowest BCUT2D eigenvalue weighted by atomic mass is 9.98. The predicted molar refractivity (Wildman–Crippen MR) is 135 cm³/mol. The van der Waals surface area contributed by atoms with Crippen molar-refractivity contribution >= 4 is 29.8 Å². The molecule has 1 aromatic rings. The molecule has 13 heteroatoms. The van der Waals surface area contributed by atoms with Crippen molar-refractivity contribution in [2.75, 3.05) is 19.7 Å². The summed E-state index contributed by atoms with van der Waals surface area (Å²) in [6.45, 7) is 8.65. The summed E-state index contributed by atoms with van der Waals surface area (Å²) in [7, 11) is 0. The topological polar surface area (TPSA) is 153 Å². The molecule has 0 radical (unpaired) electrons. The van der Waals surface area contributed by atoms with E-state index in [9.17, 15) is 24.0 Å². The summed E-state index contributed by atoms with van der Waals surface area (Å²) in [4.78, 5) is 62.8. The molecule has 0 saturated carbocycles. The van der Waals surface area contributed by atoms with E-state index < -0.39 is 61.2 Å². The van der Waals surface area contributed by atoms with Gasteiger partial charge in [0.25, 0.3) is 5.91 Å². The molecule has 7 atom stereocenters. The van der Waals surface area contributed by atoms with Crippen molar-refractivity contribution in [1.82, 2.24) is 4.90 Å². The fourth-order valence-electron chi connectivity index (χ4n) is 4.67. The molecule has 2 aliphatic heterocycles. The van der Waals surface area contributed by atoms with Crippen LogP contribution >= 0.6 is 0 Å². The fourth-order valence-corrected chi connectivity index (χ4v) is 4.67. The number of amides is 1. The number of rotatable bonds is 8. The number of hydrogen-bond acceptors (Lipinski definition) is 12. The Kier molecular flexibility index (Phi) is 10.5. The standard InChI is InChI=1S/C27H35NO12/c1-14-11-28(12-15(2)35-14)26(33)20-9-7-8-10-21(20)39-27-25(38-19(6)32)24(37-18(5)31)23(36-17(4)30)22(40-27)13-34-16(3)29/h7-10,14-15,22-25,27H,11-13H2,1-6H3/t14-,15-,22-,23-,24+,25-,27-/m0/s1. The predicted octanol–water partition coefficient (Wildman–Crippen LogP) is 1.40. The Bertz CT molecular complexity index is 1100. The third kappa shape index (κ3) is 8.15. The summed E-state index contributed by atoms with van der Waals surface area (Å²) in [6.07, 6.45) is -7.12. The number of benzene rings is 1. The van der Waals surface area contributed by atoms with Crippen LogP contribution in [0.25, 0.3) is 0 Å². The number of esters is 4. The maximum atomic E-state index is 13.5. The number of carbonyl (C=O) groups is 5. The number of ether oxygens (including phenoxy) is 7. The molecule has 13 nitrogen and oxygen atoms in total. The number of morpholine rings is 1. The molecule has 0 spiro atoms. The van der Waals surface area contributed by atoms with Crippen molar-refractivity contribution < 1.29 is 57.1 Å². The first-order valence-electron chi connectivity index (χ1n) is 12.9. The van der Waals surface area contributed by atoms with Crippen molar-refractivity contribution in [3.8, 4) is 5.75 Å². The maximum Gasteiger partial charge on any atom is 0.303 e. The van der Waals surface area contributed by atoms with Crippen LogP contribution in [0.5, 0.6) is 5.75 Å². The van der Waals surface area contributed by atoms with Gasteiger partial charge in [0.05, 0.1) is 17.8 Å². The van der Waals surface area contributed by atoms with Gasteiger partial charge in [-0.15, -0.1) is 0 Å². The minimum atomic E-state index is -1.46. The zero-order chi connectivity index (χ0) is 29.6. The van der Waals surface area contributed by atoms with E-state index in [1.165, 1.54) is 13.0 Å². The molecule has 0 aliphatic carbocycles. The molecule has 220 valence electrons. The maximum absolute atomic E-state index is 13.5.